The van der Waals surface area contributed by atoms with Crippen molar-refractivity contribution in [2.75, 3.05) is 32.7 Å². The van der Waals surface area contributed by atoms with E-state index in [4.69, 9.17) is 4.74 Å². The lowest BCUT2D eigenvalue weighted by atomic mass is 9.78. The van der Waals surface area contributed by atoms with Crippen molar-refractivity contribution < 1.29 is 37.4 Å². The Morgan fingerprint density at radius 1 is 1.15 bits per heavy atom. The maximum absolute atomic E-state index is 14.0. The molecule has 1 unspecified atom stereocenters. The van der Waals surface area contributed by atoms with Crippen LogP contribution in [-0.2, 0) is 29.1 Å². The van der Waals surface area contributed by atoms with Crippen molar-refractivity contribution in [1.29, 1.82) is 0 Å². The zero-order chi connectivity index (χ0) is 33.5. The van der Waals surface area contributed by atoms with Gasteiger partial charge in [-0.15, -0.1) is 6.58 Å². The van der Waals surface area contributed by atoms with Crippen LogP contribution in [0.1, 0.15) is 65.7 Å². The van der Waals surface area contributed by atoms with Gasteiger partial charge in [-0.1, -0.05) is 29.9 Å². The number of carbonyl (C=O) groups is 4. The van der Waals surface area contributed by atoms with Crippen molar-refractivity contribution in [3.8, 4) is 0 Å². The molecule has 2 heterocycles. The average molecular weight is 662 g/mol. The van der Waals surface area contributed by atoms with Gasteiger partial charge in [0, 0.05) is 24.8 Å². The van der Waals surface area contributed by atoms with E-state index < -0.39 is 74.3 Å². The third-order valence-corrected chi connectivity index (χ3v) is 11.3. The van der Waals surface area contributed by atoms with Crippen LogP contribution >= 0.6 is 0 Å². The number of nitrogens with zero attached hydrogens (tertiary/aromatic N) is 2. The number of carbonyl (C=O) groups excluding carboxylic acids is 4. The highest BCUT2D eigenvalue weighted by atomic mass is 32.2. The zero-order valence-electron chi connectivity index (χ0n) is 26.9. The van der Waals surface area contributed by atoms with Gasteiger partial charge in [0.1, 0.15) is 23.7 Å². The smallest absolute Gasteiger partial charge is 0.408 e. The van der Waals surface area contributed by atoms with Crippen LogP contribution in [-0.4, -0.2) is 108 Å². The van der Waals surface area contributed by atoms with E-state index in [-0.39, 0.29) is 25.3 Å². The van der Waals surface area contributed by atoms with E-state index >= 15 is 0 Å². The third-order valence-electron chi connectivity index (χ3n) is 9.49. The first kappa shape index (κ1) is 34.1. The van der Waals surface area contributed by atoms with Gasteiger partial charge in [0.25, 0.3) is 5.91 Å². The predicted molar refractivity (Wildman–Crippen MR) is 170 cm³/mol. The second kappa shape index (κ2) is 12.8. The summed E-state index contributed by atoms with van der Waals surface area (Å²) in [5, 5.41) is 16.6. The van der Waals surface area contributed by atoms with Gasteiger partial charge < -0.3 is 25.4 Å². The minimum absolute atomic E-state index is 0.111. The minimum atomic E-state index is -3.87. The molecule has 2 saturated carbocycles. The summed E-state index contributed by atoms with van der Waals surface area (Å²) in [4.78, 5) is 56.7. The van der Waals surface area contributed by atoms with Crippen LogP contribution in [0.5, 0.6) is 0 Å². The lowest BCUT2D eigenvalue weighted by Crippen LogP contribution is -2.57. The Labute approximate surface area is 270 Å². The van der Waals surface area contributed by atoms with Crippen molar-refractivity contribution in [3.63, 3.8) is 0 Å². The maximum Gasteiger partial charge on any atom is 0.408 e. The zero-order valence-corrected chi connectivity index (χ0v) is 27.7. The molecule has 4 N–H and O–H groups in total. The Morgan fingerprint density at radius 3 is 2.46 bits per heavy atom. The van der Waals surface area contributed by atoms with Crippen molar-refractivity contribution in [3.05, 3.63) is 36.5 Å². The molecule has 3 aliphatic carbocycles. The summed E-state index contributed by atoms with van der Waals surface area (Å²) in [7, 11) is -3.87. The summed E-state index contributed by atoms with van der Waals surface area (Å²) < 4.78 is 32.5. The van der Waals surface area contributed by atoms with Gasteiger partial charge in [-0.05, 0) is 72.4 Å². The number of alkyl carbamates (subject to hydrolysis) is 1. The largest absolute Gasteiger partial charge is 0.444 e. The van der Waals surface area contributed by atoms with Crippen molar-refractivity contribution in [1.82, 2.24) is 25.2 Å². The summed E-state index contributed by atoms with van der Waals surface area (Å²) in [6.45, 7) is 11.0. The highest BCUT2D eigenvalue weighted by molar-refractivity contribution is 7.91. The third kappa shape index (κ3) is 7.66. The molecular weight excluding hydrogens is 614 g/mol. The average Bonchev–Trinajstić information content (AvgIpc) is 3.87. The van der Waals surface area contributed by atoms with E-state index in [0.717, 1.165) is 38.0 Å². The van der Waals surface area contributed by atoms with E-state index in [1.165, 1.54) is 11.0 Å². The number of aliphatic hydroxyl groups is 1. The molecular formula is C32H47N5O8S. The normalized spacial score (nSPS) is 31.2. The first-order chi connectivity index (χ1) is 21.5. The molecule has 5 aliphatic rings. The Kier molecular flexibility index (Phi) is 9.46. The highest BCUT2D eigenvalue weighted by Crippen LogP contribution is 2.46. The Bertz CT molecular complexity index is 1430. The van der Waals surface area contributed by atoms with E-state index in [1.807, 2.05) is 18.2 Å². The number of rotatable bonds is 11. The van der Waals surface area contributed by atoms with Crippen molar-refractivity contribution in [2.45, 2.75) is 93.7 Å². The van der Waals surface area contributed by atoms with Crippen LogP contribution in [0.15, 0.2) is 36.5 Å². The predicted octanol–water partition coefficient (Wildman–Crippen LogP) is 1.11. The first-order valence-corrected chi connectivity index (χ1v) is 17.7. The number of allylic oxidation sites excluding steroid dienone is 2. The fraction of sp³-hybridized carbons (Fsp3) is 0.688. The van der Waals surface area contributed by atoms with Gasteiger partial charge in [-0.3, -0.25) is 24.0 Å². The molecule has 2 saturated heterocycles. The van der Waals surface area contributed by atoms with Crippen molar-refractivity contribution >= 4 is 33.8 Å². The number of ether oxygens (including phenoxy) is 1. The van der Waals surface area contributed by atoms with Gasteiger partial charge in [0.2, 0.25) is 21.8 Å². The standard InChI is InChI=1S/C32H47N5O8S/c1-5-22-16-32(22,28(40)35-46(43,44)24-11-12-24)34-27(39)25-17-31(42,20-37(25)26(38)18-33-29(41)45-30(2,3)4)23-10-8-9-21(15-23)19-36-13-6-7-14-36/h5,8-10,22-25,42H,1,6-7,11-20H2,2-4H3,(H,33,41)(H,34,39)(H,35,40)/t22-,23?,25+,31+,32-/m1/s1. The lowest BCUT2D eigenvalue weighted by molar-refractivity contribution is -0.139. The molecule has 5 rings (SSSR count). The summed E-state index contributed by atoms with van der Waals surface area (Å²) in [6.07, 6.45) is 10.4. The fourth-order valence-corrected chi connectivity index (χ4v) is 8.08. The number of likely N-dealkylation sites (tertiary alicyclic amines) is 2. The monoisotopic (exact) mass is 661 g/mol. The molecule has 5 atom stereocenters. The summed E-state index contributed by atoms with van der Waals surface area (Å²) in [6, 6.07) is -1.19. The SMILES string of the molecule is C=C[C@@H]1C[C@]1(NC(=O)[C@@H]1C[C@@](O)(C2C=CC=C(CN3CCCC3)C2)CN1C(=O)CNC(=O)OC(C)(C)C)C(=O)NS(=O)(=O)C1CC1. The molecule has 14 heteroatoms. The van der Waals surface area contributed by atoms with Crippen LogP contribution in [0.2, 0.25) is 0 Å². The Morgan fingerprint density at radius 2 is 1.85 bits per heavy atom. The van der Waals surface area contributed by atoms with E-state index in [2.05, 4.69) is 26.8 Å². The van der Waals surface area contributed by atoms with Crippen LogP contribution < -0.4 is 15.4 Å². The Balaban J connectivity index is 1.33. The molecule has 2 aliphatic heterocycles. The van der Waals surface area contributed by atoms with Gasteiger partial charge in [0.15, 0.2) is 0 Å². The highest BCUT2D eigenvalue weighted by Gasteiger charge is 2.62. The number of β-amino-alcohol motifs (C(OH)–C–C–N with tert-alkyl or cyclic N) is 1. The molecule has 0 radical (unpaired) electrons. The Hall–Kier alpha value is -3.23. The van der Waals surface area contributed by atoms with Gasteiger partial charge in [0.05, 0.1) is 17.4 Å². The molecule has 4 amide bonds. The molecule has 0 aromatic rings. The number of hydrogen-bond acceptors (Lipinski definition) is 9. The van der Waals surface area contributed by atoms with Gasteiger partial charge >= 0.3 is 6.09 Å². The van der Waals surface area contributed by atoms with Crippen LogP contribution in [0.4, 0.5) is 4.79 Å². The summed E-state index contributed by atoms with van der Waals surface area (Å²) >= 11 is 0. The van der Waals surface area contributed by atoms with E-state index in [9.17, 15) is 32.7 Å². The molecule has 254 valence electrons. The fourth-order valence-electron chi connectivity index (χ4n) is 6.72. The van der Waals surface area contributed by atoms with Crippen LogP contribution in [0.3, 0.4) is 0 Å². The first-order valence-electron chi connectivity index (χ1n) is 16.1. The second-order valence-corrected chi connectivity index (χ2v) is 16.3. The van der Waals surface area contributed by atoms with Crippen molar-refractivity contribution in [2.24, 2.45) is 11.8 Å². The van der Waals surface area contributed by atoms with Crippen LogP contribution in [0.25, 0.3) is 0 Å². The molecule has 13 nitrogen and oxygen atoms in total. The topological polar surface area (TPSA) is 174 Å². The number of sulfonamides is 1. The summed E-state index contributed by atoms with van der Waals surface area (Å²) in [5.74, 6) is -3.05. The molecule has 4 fully saturated rings. The molecule has 0 spiro atoms. The van der Waals surface area contributed by atoms with Crippen LogP contribution in [0, 0.1) is 11.8 Å². The van der Waals surface area contributed by atoms with E-state index in [1.54, 1.807) is 20.8 Å². The molecule has 0 aromatic heterocycles. The number of hydrogen-bond donors (Lipinski definition) is 4. The second-order valence-electron chi connectivity index (χ2n) is 14.4. The minimum Gasteiger partial charge on any atom is -0.444 e. The lowest BCUT2D eigenvalue weighted by Gasteiger charge is -2.33. The van der Waals surface area contributed by atoms with Gasteiger partial charge in [-0.25, -0.2) is 13.2 Å². The molecule has 46 heavy (non-hydrogen) atoms. The van der Waals surface area contributed by atoms with E-state index in [0.29, 0.717) is 19.3 Å². The summed E-state index contributed by atoms with van der Waals surface area (Å²) in [5.41, 5.74) is -2.65. The van der Waals surface area contributed by atoms with Gasteiger partial charge in [-0.2, -0.15) is 0 Å². The molecule has 0 aromatic carbocycles. The number of amides is 4. The maximum atomic E-state index is 14.0. The molecule has 0 bridgehead atoms. The quantitative estimate of drug-likeness (QED) is 0.237. The number of nitrogens with one attached hydrogen (secondary N) is 3.